The average Bonchev–Trinajstić information content (AvgIpc) is 3.50. The summed E-state index contributed by atoms with van der Waals surface area (Å²) in [5.41, 5.74) is -0.323. The van der Waals surface area contributed by atoms with Crippen molar-refractivity contribution in [3.63, 3.8) is 0 Å². The minimum atomic E-state index is -1.09. The lowest BCUT2D eigenvalue weighted by molar-refractivity contribution is -0.158. The Hall–Kier alpha value is -3.45. The zero-order chi connectivity index (χ0) is 21.1. The van der Waals surface area contributed by atoms with Crippen molar-refractivity contribution < 1.29 is 33.3 Å². The molecule has 1 fully saturated rings. The van der Waals surface area contributed by atoms with E-state index in [1.807, 2.05) is 0 Å². The summed E-state index contributed by atoms with van der Waals surface area (Å²) in [5, 5.41) is 0. The van der Waals surface area contributed by atoms with Crippen molar-refractivity contribution in [2.75, 3.05) is 6.61 Å². The van der Waals surface area contributed by atoms with Crippen LogP contribution in [0.25, 0.3) is 0 Å². The number of hydrogen-bond donors (Lipinski definition) is 0. The van der Waals surface area contributed by atoms with Crippen LogP contribution in [-0.2, 0) is 23.7 Å². The lowest BCUT2D eigenvalue weighted by Crippen LogP contribution is -2.50. The van der Waals surface area contributed by atoms with Gasteiger partial charge >= 0.3 is 17.9 Å². The monoisotopic (exact) mass is 408 g/mol. The van der Waals surface area contributed by atoms with E-state index in [1.165, 1.54) is 6.92 Å². The van der Waals surface area contributed by atoms with E-state index in [4.69, 9.17) is 18.9 Å². The Kier molecular flexibility index (Phi) is 5.37. The topological polar surface area (TPSA) is 91.4 Å². The molecule has 4 unspecified atom stereocenters. The van der Waals surface area contributed by atoms with E-state index in [-0.39, 0.29) is 6.61 Å². The third kappa shape index (κ3) is 3.97. The van der Waals surface area contributed by atoms with E-state index in [0.29, 0.717) is 11.1 Å². The van der Waals surface area contributed by atoms with Crippen LogP contribution >= 0.6 is 0 Å². The molecular weight excluding hydrogens is 388 g/mol. The molecule has 0 spiro atoms. The molecule has 0 saturated carbocycles. The second-order valence-electron chi connectivity index (χ2n) is 7.09. The quantitative estimate of drug-likeness (QED) is 0.314. The van der Waals surface area contributed by atoms with E-state index in [0.717, 1.165) is 0 Å². The fourth-order valence-corrected chi connectivity index (χ4v) is 3.47. The van der Waals surface area contributed by atoms with Crippen molar-refractivity contribution in [1.82, 2.24) is 0 Å². The lowest BCUT2D eigenvalue weighted by Gasteiger charge is -2.31. The molecule has 0 N–H and O–H groups in total. The fraction of sp³-hybridized carbons (Fsp3) is 0.261. The molecular formula is C23H20O7. The number of fused-ring (bicyclic) bond motifs is 1. The van der Waals surface area contributed by atoms with Crippen molar-refractivity contribution in [2.45, 2.75) is 30.8 Å². The third-order valence-corrected chi connectivity index (χ3v) is 5.01. The summed E-state index contributed by atoms with van der Waals surface area (Å²) in [5.74, 6) is -1.63. The predicted octanol–water partition coefficient (Wildman–Crippen LogP) is 2.71. The van der Waals surface area contributed by atoms with Crippen LogP contribution in [0.5, 0.6) is 0 Å². The molecule has 0 bridgehead atoms. The minimum absolute atomic E-state index is 0.146. The highest BCUT2D eigenvalue weighted by Gasteiger charge is 2.67. The zero-order valence-corrected chi connectivity index (χ0v) is 16.2. The van der Waals surface area contributed by atoms with Crippen molar-refractivity contribution in [1.29, 1.82) is 0 Å². The highest BCUT2D eigenvalue weighted by atomic mass is 16.7. The molecule has 7 nitrogen and oxygen atoms in total. The molecule has 30 heavy (non-hydrogen) atoms. The SMILES string of the molecule is CC(=O)OC1C(OC(=O)c2ccccc2)C=CC2OC21COC(=O)c1ccccc1. The first-order valence-electron chi connectivity index (χ1n) is 9.51. The maximum atomic E-state index is 12.5. The normalized spacial score (nSPS) is 26.2. The summed E-state index contributed by atoms with van der Waals surface area (Å²) >= 11 is 0. The van der Waals surface area contributed by atoms with Crippen LogP contribution in [0.3, 0.4) is 0 Å². The Labute approximate surface area is 173 Å². The summed E-state index contributed by atoms with van der Waals surface area (Å²) in [6, 6.07) is 17.0. The van der Waals surface area contributed by atoms with Crippen molar-refractivity contribution in [3.8, 4) is 0 Å². The summed E-state index contributed by atoms with van der Waals surface area (Å²) in [6.07, 6.45) is 1.12. The van der Waals surface area contributed by atoms with Crippen LogP contribution in [0, 0.1) is 0 Å². The van der Waals surface area contributed by atoms with Gasteiger partial charge in [0, 0.05) is 6.92 Å². The van der Waals surface area contributed by atoms with Gasteiger partial charge in [0.1, 0.15) is 12.7 Å². The number of esters is 3. The Balaban J connectivity index is 1.50. The number of carbonyl (C=O) groups is 3. The number of benzene rings is 2. The van der Waals surface area contributed by atoms with Gasteiger partial charge in [0.25, 0.3) is 0 Å². The summed E-state index contributed by atoms with van der Waals surface area (Å²) < 4.78 is 22.2. The number of ether oxygens (including phenoxy) is 4. The largest absolute Gasteiger partial charge is 0.459 e. The van der Waals surface area contributed by atoms with Crippen molar-refractivity contribution in [2.24, 2.45) is 0 Å². The molecule has 1 aliphatic carbocycles. The van der Waals surface area contributed by atoms with Gasteiger partial charge in [-0.1, -0.05) is 42.5 Å². The van der Waals surface area contributed by atoms with Gasteiger partial charge in [0.05, 0.1) is 11.1 Å². The Morgan fingerprint density at radius 2 is 1.47 bits per heavy atom. The molecule has 1 heterocycles. The number of rotatable bonds is 6. The number of carbonyl (C=O) groups excluding carboxylic acids is 3. The number of hydrogen-bond acceptors (Lipinski definition) is 7. The van der Waals surface area contributed by atoms with Crippen LogP contribution in [0.15, 0.2) is 72.8 Å². The van der Waals surface area contributed by atoms with Gasteiger partial charge in [-0.05, 0) is 30.3 Å². The van der Waals surface area contributed by atoms with Gasteiger partial charge in [-0.3, -0.25) is 4.79 Å². The second kappa shape index (κ2) is 8.12. The third-order valence-electron chi connectivity index (χ3n) is 5.01. The molecule has 0 aromatic heterocycles. The maximum absolute atomic E-state index is 12.5. The van der Waals surface area contributed by atoms with Gasteiger partial charge in [-0.25, -0.2) is 9.59 Å². The molecule has 0 amide bonds. The molecule has 1 aliphatic heterocycles. The maximum Gasteiger partial charge on any atom is 0.338 e. The van der Waals surface area contributed by atoms with Gasteiger partial charge < -0.3 is 18.9 Å². The van der Waals surface area contributed by atoms with E-state index < -0.39 is 41.8 Å². The van der Waals surface area contributed by atoms with Crippen LogP contribution in [0.4, 0.5) is 0 Å². The first-order valence-corrected chi connectivity index (χ1v) is 9.51. The summed E-state index contributed by atoms with van der Waals surface area (Å²) in [7, 11) is 0. The second-order valence-corrected chi connectivity index (χ2v) is 7.09. The van der Waals surface area contributed by atoms with Gasteiger partial charge in [0.15, 0.2) is 17.8 Å². The highest BCUT2D eigenvalue weighted by Crippen LogP contribution is 2.47. The molecule has 7 heteroatoms. The number of epoxide rings is 1. The molecule has 4 atom stereocenters. The van der Waals surface area contributed by atoms with Crippen molar-refractivity contribution >= 4 is 17.9 Å². The molecule has 1 saturated heterocycles. The molecule has 154 valence electrons. The standard InChI is InChI=1S/C23H20O7/c1-15(24)28-20-18(29-22(26)17-10-6-3-7-11-17)12-13-19-23(20,30-19)14-27-21(25)16-8-4-2-5-9-16/h2-13,18-20H,14H2,1H3. The van der Waals surface area contributed by atoms with Gasteiger partial charge in [0.2, 0.25) is 0 Å². The zero-order valence-electron chi connectivity index (χ0n) is 16.2. The van der Waals surface area contributed by atoms with E-state index in [9.17, 15) is 14.4 Å². The molecule has 2 aromatic rings. The predicted molar refractivity (Wildman–Crippen MR) is 105 cm³/mol. The molecule has 2 aromatic carbocycles. The molecule has 2 aliphatic rings. The van der Waals surface area contributed by atoms with Crippen LogP contribution in [-0.4, -0.2) is 48.4 Å². The van der Waals surface area contributed by atoms with E-state index in [1.54, 1.807) is 72.8 Å². The first kappa shape index (κ1) is 19.8. The molecule has 0 radical (unpaired) electrons. The van der Waals surface area contributed by atoms with Gasteiger partial charge in [-0.15, -0.1) is 0 Å². The van der Waals surface area contributed by atoms with Crippen LogP contribution in [0.1, 0.15) is 27.6 Å². The fourth-order valence-electron chi connectivity index (χ4n) is 3.47. The van der Waals surface area contributed by atoms with Crippen molar-refractivity contribution in [3.05, 3.63) is 83.9 Å². The average molecular weight is 408 g/mol. The summed E-state index contributed by atoms with van der Waals surface area (Å²) in [4.78, 5) is 36.6. The summed E-state index contributed by atoms with van der Waals surface area (Å²) in [6.45, 7) is 1.11. The van der Waals surface area contributed by atoms with E-state index >= 15 is 0 Å². The highest BCUT2D eigenvalue weighted by molar-refractivity contribution is 5.90. The Morgan fingerprint density at radius 1 is 0.867 bits per heavy atom. The Bertz CT molecular complexity index is 970. The Morgan fingerprint density at radius 3 is 2.07 bits per heavy atom. The van der Waals surface area contributed by atoms with Crippen LogP contribution < -0.4 is 0 Å². The first-order chi connectivity index (χ1) is 14.5. The van der Waals surface area contributed by atoms with E-state index in [2.05, 4.69) is 0 Å². The van der Waals surface area contributed by atoms with Gasteiger partial charge in [-0.2, -0.15) is 0 Å². The smallest absolute Gasteiger partial charge is 0.338 e. The molecule has 4 rings (SSSR count). The lowest BCUT2D eigenvalue weighted by atomic mass is 9.89. The van der Waals surface area contributed by atoms with Crippen LogP contribution in [0.2, 0.25) is 0 Å². The minimum Gasteiger partial charge on any atom is -0.459 e.